The van der Waals surface area contributed by atoms with E-state index in [4.69, 9.17) is 0 Å². The van der Waals surface area contributed by atoms with Gasteiger partial charge in [-0.3, -0.25) is 4.79 Å². The Bertz CT molecular complexity index is 123. The van der Waals surface area contributed by atoms with E-state index in [2.05, 4.69) is 18.7 Å². The highest BCUT2D eigenvalue weighted by Gasteiger charge is 2.12. The summed E-state index contributed by atoms with van der Waals surface area (Å²) in [6.07, 6.45) is 0.958. The molecule has 0 N–H and O–H groups in total. The third-order valence-corrected chi connectivity index (χ3v) is 2.14. The topological polar surface area (TPSA) is 20.3 Å². The highest BCUT2D eigenvalue weighted by atomic mass is 16.1. The molecule has 0 amide bonds. The van der Waals surface area contributed by atoms with E-state index in [0.29, 0.717) is 5.78 Å². The monoisotopic (exact) mass is 157 g/mol. The average molecular weight is 157 g/mol. The van der Waals surface area contributed by atoms with Crippen LogP contribution in [0.4, 0.5) is 0 Å². The largest absolute Gasteiger partial charge is 0.306 e. The van der Waals surface area contributed by atoms with Gasteiger partial charge in [-0.15, -0.1) is 0 Å². The summed E-state index contributed by atoms with van der Waals surface area (Å²) in [6, 6.07) is 0. The van der Waals surface area contributed by atoms with Crippen molar-refractivity contribution in [1.29, 1.82) is 0 Å². The summed E-state index contributed by atoms with van der Waals surface area (Å²) in [6.45, 7) is 7.77. The van der Waals surface area contributed by atoms with Crippen molar-refractivity contribution >= 4 is 5.78 Å². The molecule has 1 unspecified atom stereocenters. The van der Waals surface area contributed by atoms with Crippen LogP contribution in [0.25, 0.3) is 0 Å². The van der Waals surface area contributed by atoms with E-state index in [1.54, 1.807) is 6.92 Å². The van der Waals surface area contributed by atoms with Crippen LogP contribution in [-0.4, -0.2) is 30.8 Å². The number of carbonyl (C=O) groups is 1. The van der Waals surface area contributed by atoms with Gasteiger partial charge in [0.1, 0.15) is 5.78 Å². The SMILES string of the molecule is CCC(CN(C)CC)C(C)=O. The minimum absolute atomic E-state index is 0.236. The normalized spacial score (nSPS) is 13.5. The molecule has 11 heavy (non-hydrogen) atoms. The van der Waals surface area contributed by atoms with Gasteiger partial charge in [-0.2, -0.15) is 0 Å². The molecule has 0 aliphatic carbocycles. The number of Topliss-reactive ketones (excluding diaryl/α,β-unsaturated/α-hetero) is 1. The number of nitrogens with zero attached hydrogens (tertiary/aromatic N) is 1. The maximum absolute atomic E-state index is 11.0. The van der Waals surface area contributed by atoms with Crippen molar-refractivity contribution in [1.82, 2.24) is 4.90 Å². The van der Waals surface area contributed by atoms with Gasteiger partial charge in [0.05, 0.1) is 0 Å². The summed E-state index contributed by atoms with van der Waals surface area (Å²) >= 11 is 0. The molecule has 0 aromatic rings. The Morgan fingerprint density at radius 3 is 2.27 bits per heavy atom. The highest BCUT2D eigenvalue weighted by molar-refractivity contribution is 5.78. The molecule has 0 aromatic heterocycles. The Labute approximate surface area is 69.6 Å². The summed E-state index contributed by atoms with van der Waals surface area (Å²) in [5.41, 5.74) is 0. The van der Waals surface area contributed by atoms with E-state index in [-0.39, 0.29) is 5.92 Å². The van der Waals surface area contributed by atoms with Crippen molar-refractivity contribution < 1.29 is 4.79 Å². The second kappa shape index (κ2) is 5.30. The fourth-order valence-electron chi connectivity index (χ4n) is 1.05. The summed E-state index contributed by atoms with van der Waals surface area (Å²) in [7, 11) is 2.05. The Kier molecular flexibility index (Phi) is 5.12. The molecular formula is C9H19NO. The Morgan fingerprint density at radius 1 is 1.45 bits per heavy atom. The molecule has 66 valence electrons. The fraction of sp³-hybridized carbons (Fsp3) is 0.889. The van der Waals surface area contributed by atoms with Crippen LogP contribution in [0.5, 0.6) is 0 Å². The molecular weight excluding hydrogens is 138 g/mol. The summed E-state index contributed by atoms with van der Waals surface area (Å²) in [5.74, 6) is 0.549. The highest BCUT2D eigenvalue weighted by Crippen LogP contribution is 2.05. The Hall–Kier alpha value is -0.370. The molecule has 0 fully saturated rings. The molecule has 2 nitrogen and oxygen atoms in total. The van der Waals surface area contributed by atoms with Gasteiger partial charge in [0.2, 0.25) is 0 Å². The quantitative estimate of drug-likeness (QED) is 0.603. The number of hydrogen-bond donors (Lipinski definition) is 0. The van der Waals surface area contributed by atoms with Gasteiger partial charge in [-0.1, -0.05) is 13.8 Å². The lowest BCUT2D eigenvalue weighted by molar-refractivity contribution is -0.121. The third kappa shape index (κ3) is 4.14. The fourth-order valence-corrected chi connectivity index (χ4v) is 1.05. The van der Waals surface area contributed by atoms with Crippen LogP contribution in [0.1, 0.15) is 27.2 Å². The van der Waals surface area contributed by atoms with E-state index in [0.717, 1.165) is 19.5 Å². The molecule has 0 spiro atoms. The maximum atomic E-state index is 11.0. The molecule has 0 aliphatic heterocycles. The zero-order chi connectivity index (χ0) is 8.85. The van der Waals surface area contributed by atoms with Crippen molar-refractivity contribution in [3.8, 4) is 0 Å². The van der Waals surface area contributed by atoms with Crippen LogP contribution in [0, 0.1) is 5.92 Å². The first-order valence-corrected chi connectivity index (χ1v) is 4.30. The maximum Gasteiger partial charge on any atom is 0.134 e. The van der Waals surface area contributed by atoms with Gasteiger partial charge >= 0.3 is 0 Å². The van der Waals surface area contributed by atoms with Gasteiger partial charge in [0.25, 0.3) is 0 Å². The minimum Gasteiger partial charge on any atom is -0.306 e. The van der Waals surface area contributed by atoms with Gasteiger partial charge in [0, 0.05) is 12.5 Å². The first-order valence-electron chi connectivity index (χ1n) is 4.30. The van der Waals surface area contributed by atoms with Gasteiger partial charge in [0.15, 0.2) is 0 Å². The predicted octanol–water partition coefficient (Wildman–Crippen LogP) is 1.55. The molecule has 0 bridgehead atoms. The minimum atomic E-state index is 0.236. The second-order valence-electron chi connectivity index (χ2n) is 3.07. The lowest BCUT2D eigenvalue weighted by Crippen LogP contribution is -2.28. The summed E-state index contributed by atoms with van der Waals surface area (Å²) in [4.78, 5) is 13.2. The van der Waals surface area contributed by atoms with Crippen LogP contribution >= 0.6 is 0 Å². The smallest absolute Gasteiger partial charge is 0.134 e. The number of rotatable bonds is 5. The molecule has 1 atom stereocenters. The van der Waals surface area contributed by atoms with Gasteiger partial charge in [-0.25, -0.2) is 0 Å². The van der Waals surface area contributed by atoms with Crippen molar-refractivity contribution in [3.05, 3.63) is 0 Å². The van der Waals surface area contributed by atoms with E-state index >= 15 is 0 Å². The molecule has 0 aliphatic rings. The molecule has 0 aromatic carbocycles. The van der Waals surface area contributed by atoms with Crippen LogP contribution < -0.4 is 0 Å². The first kappa shape index (κ1) is 10.6. The second-order valence-corrected chi connectivity index (χ2v) is 3.07. The Morgan fingerprint density at radius 2 is 2.00 bits per heavy atom. The lowest BCUT2D eigenvalue weighted by Gasteiger charge is -2.19. The Balaban J connectivity index is 3.77. The lowest BCUT2D eigenvalue weighted by atomic mass is 10.0. The summed E-state index contributed by atoms with van der Waals surface area (Å²) < 4.78 is 0. The number of ketones is 1. The molecule has 0 saturated carbocycles. The third-order valence-electron chi connectivity index (χ3n) is 2.14. The van der Waals surface area contributed by atoms with Crippen molar-refractivity contribution in [2.75, 3.05) is 20.1 Å². The standard InChI is InChI=1S/C9H19NO/c1-5-9(8(3)11)7-10(4)6-2/h9H,5-7H2,1-4H3. The predicted molar refractivity (Wildman–Crippen MR) is 47.6 cm³/mol. The van der Waals surface area contributed by atoms with Crippen molar-refractivity contribution in [2.45, 2.75) is 27.2 Å². The molecule has 0 saturated heterocycles. The van der Waals surface area contributed by atoms with Gasteiger partial charge < -0.3 is 4.90 Å². The molecule has 0 heterocycles. The van der Waals surface area contributed by atoms with E-state index < -0.39 is 0 Å². The van der Waals surface area contributed by atoms with Crippen molar-refractivity contribution in [2.24, 2.45) is 5.92 Å². The van der Waals surface area contributed by atoms with E-state index in [1.165, 1.54) is 0 Å². The zero-order valence-electron chi connectivity index (χ0n) is 8.05. The van der Waals surface area contributed by atoms with Gasteiger partial charge in [-0.05, 0) is 26.9 Å². The zero-order valence-corrected chi connectivity index (χ0v) is 8.05. The number of hydrogen-bond acceptors (Lipinski definition) is 2. The molecule has 2 heteroatoms. The van der Waals surface area contributed by atoms with Crippen LogP contribution in [0.15, 0.2) is 0 Å². The number of carbonyl (C=O) groups excluding carboxylic acids is 1. The summed E-state index contributed by atoms with van der Waals surface area (Å²) in [5, 5.41) is 0. The van der Waals surface area contributed by atoms with Crippen LogP contribution in [0.2, 0.25) is 0 Å². The molecule has 0 radical (unpaired) electrons. The van der Waals surface area contributed by atoms with Crippen molar-refractivity contribution in [3.63, 3.8) is 0 Å². The van der Waals surface area contributed by atoms with E-state index in [9.17, 15) is 4.79 Å². The molecule has 0 rings (SSSR count). The van der Waals surface area contributed by atoms with E-state index in [1.807, 2.05) is 7.05 Å². The van der Waals surface area contributed by atoms with Crippen LogP contribution in [-0.2, 0) is 4.79 Å². The average Bonchev–Trinajstić information content (AvgIpc) is 1.99. The van der Waals surface area contributed by atoms with Crippen LogP contribution in [0.3, 0.4) is 0 Å². The first-order chi connectivity index (χ1) is 5.11.